The van der Waals surface area contributed by atoms with Crippen LogP contribution in [0.15, 0.2) is 11.6 Å². The van der Waals surface area contributed by atoms with E-state index in [9.17, 15) is 0 Å². The minimum absolute atomic E-state index is 0.148. The molecule has 2 nitrogen and oxygen atoms in total. The van der Waals surface area contributed by atoms with Crippen molar-refractivity contribution in [1.29, 1.82) is 0 Å². The third kappa shape index (κ3) is 2.55. The Bertz CT molecular complexity index is 334. The normalized spacial score (nSPS) is 29.8. The van der Waals surface area contributed by atoms with Crippen LogP contribution in [-0.4, -0.2) is 11.0 Å². The van der Waals surface area contributed by atoms with E-state index >= 15 is 0 Å². The van der Waals surface area contributed by atoms with Crippen molar-refractivity contribution in [2.45, 2.75) is 64.5 Å². The van der Waals surface area contributed by atoms with Crippen molar-refractivity contribution in [3.8, 4) is 0 Å². The fourth-order valence-electron chi connectivity index (χ4n) is 3.29. The summed E-state index contributed by atoms with van der Waals surface area (Å²) in [5.41, 5.74) is 0.148. The summed E-state index contributed by atoms with van der Waals surface area (Å²) in [7, 11) is 0. The zero-order chi connectivity index (χ0) is 12.3. The smallest absolute Gasteiger partial charge is 0.113 e. The van der Waals surface area contributed by atoms with Crippen LogP contribution >= 0.6 is 11.3 Å². The standard InChI is InChI=1S/C14H24N2S/c1-4-12-7-5-6-8-14(12,16-11(2)3)13-15-9-10-17-13/h9-12,16H,4-8H2,1-3H3. The van der Waals surface area contributed by atoms with Gasteiger partial charge in [0.1, 0.15) is 5.01 Å². The first-order chi connectivity index (χ1) is 8.19. The summed E-state index contributed by atoms with van der Waals surface area (Å²) < 4.78 is 0. The summed E-state index contributed by atoms with van der Waals surface area (Å²) in [6.45, 7) is 6.81. The highest BCUT2D eigenvalue weighted by Gasteiger charge is 2.43. The van der Waals surface area contributed by atoms with Crippen LogP contribution in [0.3, 0.4) is 0 Å². The number of hydrogen-bond donors (Lipinski definition) is 1. The zero-order valence-electron chi connectivity index (χ0n) is 11.2. The maximum absolute atomic E-state index is 4.62. The Hall–Kier alpha value is -0.410. The van der Waals surface area contributed by atoms with E-state index in [1.54, 1.807) is 0 Å². The second-order valence-electron chi connectivity index (χ2n) is 5.46. The molecule has 0 aromatic carbocycles. The van der Waals surface area contributed by atoms with Crippen molar-refractivity contribution in [1.82, 2.24) is 10.3 Å². The van der Waals surface area contributed by atoms with Crippen LogP contribution in [0.5, 0.6) is 0 Å². The van der Waals surface area contributed by atoms with Gasteiger partial charge in [-0.25, -0.2) is 4.98 Å². The van der Waals surface area contributed by atoms with Crippen molar-refractivity contribution >= 4 is 11.3 Å². The number of nitrogens with zero attached hydrogens (tertiary/aromatic N) is 1. The Morgan fingerprint density at radius 1 is 1.53 bits per heavy atom. The third-order valence-corrected chi connectivity index (χ3v) is 4.87. The molecule has 3 heteroatoms. The number of rotatable bonds is 4. The summed E-state index contributed by atoms with van der Waals surface area (Å²) >= 11 is 1.82. The number of thiazole rings is 1. The van der Waals surface area contributed by atoms with Gasteiger partial charge in [-0.1, -0.05) is 26.2 Å². The van der Waals surface area contributed by atoms with Crippen LogP contribution < -0.4 is 5.32 Å². The molecule has 96 valence electrons. The molecule has 0 radical (unpaired) electrons. The molecular formula is C14H24N2S. The summed E-state index contributed by atoms with van der Waals surface area (Å²) in [6, 6.07) is 0.519. The zero-order valence-corrected chi connectivity index (χ0v) is 12.0. The lowest BCUT2D eigenvalue weighted by atomic mass is 9.71. The first-order valence-corrected chi connectivity index (χ1v) is 7.74. The average Bonchev–Trinajstić information content (AvgIpc) is 2.82. The Balaban J connectivity index is 2.33. The molecule has 0 amide bonds. The van der Waals surface area contributed by atoms with Gasteiger partial charge in [0.15, 0.2) is 0 Å². The fourth-order valence-corrected chi connectivity index (χ4v) is 4.20. The van der Waals surface area contributed by atoms with Crippen LogP contribution in [0.2, 0.25) is 0 Å². The summed E-state index contributed by atoms with van der Waals surface area (Å²) in [5, 5.41) is 7.26. The van der Waals surface area contributed by atoms with E-state index < -0.39 is 0 Å². The predicted molar refractivity (Wildman–Crippen MR) is 74.3 cm³/mol. The van der Waals surface area contributed by atoms with Crippen LogP contribution in [0, 0.1) is 5.92 Å². The Morgan fingerprint density at radius 2 is 2.35 bits per heavy atom. The highest BCUT2D eigenvalue weighted by atomic mass is 32.1. The maximum atomic E-state index is 4.62. The highest BCUT2D eigenvalue weighted by molar-refractivity contribution is 7.09. The molecule has 1 saturated carbocycles. The quantitative estimate of drug-likeness (QED) is 0.878. The van der Waals surface area contributed by atoms with E-state index in [-0.39, 0.29) is 5.54 Å². The molecule has 1 aromatic heterocycles. The van der Waals surface area contributed by atoms with Gasteiger partial charge in [-0.2, -0.15) is 0 Å². The van der Waals surface area contributed by atoms with E-state index in [0.29, 0.717) is 6.04 Å². The first-order valence-electron chi connectivity index (χ1n) is 6.86. The molecular weight excluding hydrogens is 228 g/mol. The van der Waals surface area contributed by atoms with Gasteiger partial charge < -0.3 is 5.32 Å². The van der Waals surface area contributed by atoms with Crippen LogP contribution in [0.4, 0.5) is 0 Å². The molecule has 1 N–H and O–H groups in total. The van der Waals surface area contributed by atoms with Crippen molar-refractivity contribution < 1.29 is 0 Å². The molecule has 0 saturated heterocycles. The van der Waals surface area contributed by atoms with Crippen LogP contribution in [0.1, 0.15) is 57.9 Å². The molecule has 2 rings (SSSR count). The molecule has 0 bridgehead atoms. The second kappa shape index (κ2) is 5.49. The maximum Gasteiger partial charge on any atom is 0.113 e. The van der Waals surface area contributed by atoms with Crippen molar-refractivity contribution in [3.63, 3.8) is 0 Å². The lowest BCUT2D eigenvalue weighted by molar-refractivity contribution is 0.124. The molecule has 0 spiro atoms. The lowest BCUT2D eigenvalue weighted by Gasteiger charge is -2.44. The topological polar surface area (TPSA) is 24.9 Å². The molecule has 1 aliphatic rings. The van der Waals surface area contributed by atoms with Gasteiger partial charge in [-0.3, -0.25) is 0 Å². The number of nitrogens with one attached hydrogen (secondary N) is 1. The largest absolute Gasteiger partial charge is 0.303 e. The van der Waals surface area contributed by atoms with Gasteiger partial charge in [0, 0.05) is 17.6 Å². The van der Waals surface area contributed by atoms with E-state index in [1.165, 1.54) is 37.1 Å². The fraction of sp³-hybridized carbons (Fsp3) is 0.786. The minimum Gasteiger partial charge on any atom is -0.303 e. The molecule has 1 aliphatic carbocycles. The van der Waals surface area contributed by atoms with Crippen molar-refractivity contribution in [2.24, 2.45) is 5.92 Å². The molecule has 2 unspecified atom stereocenters. The molecule has 0 aliphatic heterocycles. The second-order valence-corrected chi connectivity index (χ2v) is 6.35. The summed E-state index contributed by atoms with van der Waals surface area (Å²) in [6.07, 6.45) is 8.50. The Morgan fingerprint density at radius 3 is 2.94 bits per heavy atom. The highest BCUT2D eigenvalue weighted by Crippen LogP contribution is 2.44. The summed E-state index contributed by atoms with van der Waals surface area (Å²) in [4.78, 5) is 4.62. The van der Waals surface area contributed by atoms with E-state index in [4.69, 9.17) is 0 Å². The average molecular weight is 252 g/mol. The first kappa shape index (κ1) is 13.0. The Kier molecular flexibility index (Phi) is 4.21. The van der Waals surface area contributed by atoms with E-state index in [2.05, 4.69) is 36.5 Å². The molecule has 1 heterocycles. The monoisotopic (exact) mass is 252 g/mol. The Labute approximate surface area is 109 Å². The van der Waals surface area contributed by atoms with Gasteiger partial charge in [0.2, 0.25) is 0 Å². The van der Waals surface area contributed by atoms with Crippen molar-refractivity contribution in [3.05, 3.63) is 16.6 Å². The van der Waals surface area contributed by atoms with Gasteiger partial charge in [-0.15, -0.1) is 11.3 Å². The van der Waals surface area contributed by atoms with Gasteiger partial charge in [0.05, 0.1) is 5.54 Å². The van der Waals surface area contributed by atoms with Crippen molar-refractivity contribution in [2.75, 3.05) is 0 Å². The number of aromatic nitrogens is 1. The summed E-state index contributed by atoms with van der Waals surface area (Å²) in [5.74, 6) is 0.741. The van der Waals surface area contributed by atoms with Gasteiger partial charge >= 0.3 is 0 Å². The van der Waals surface area contributed by atoms with Crippen LogP contribution in [-0.2, 0) is 5.54 Å². The van der Waals surface area contributed by atoms with Gasteiger partial charge in [-0.05, 0) is 32.6 Å². The van der Waals surface area contributed by atoms with E-state index in [0.717, 1.165) is 5.92 Å². The predicted octanol–water partition coefficient (Wildman–Crippen LogP) is 3.94. The third-order valence-electron chi connectivity index (χ3n) is 3.92. The minimum atomic E-state index is 0.148. The lowest BCUT2D eigenvalue weighted by Crippen LogP contribution is -2.52. The molecule has 1 fully saturated rings. The van der Waals surface area contributed by atoms with Gasteiger partial charge in [0.25, 0.3) is 0 Å². The molecule has 1 aromatic rings. The number of hydrogen-bond acceptors (Lipinski definition) is 3. The molecule has 17 heavy (non-hydrogen) atoms. The van der Waals surface area contributed by atoms with E-state index in [1.807, 2.05) is 17.5 Å². The van der Waals surface area contributed by atoms with Crippen LogP contribution in [0.25, 0.3) is 0 Å². The molecule has 2 atom stereocenters. The SMILES string of the molecule is CCC1CCCCC1(NC(C)C)c1nccs1.